The second kappa shape index (κ2) is 7.31. The molecule has 4 heteroatoms. The largest absolute Gasteiger partial charge is 0.376 e. The van der Waals surface area contributed by atoms with E-state index < -0.39 is 0 Å². The van der Waals surface area contributed by atoms with Gasteiger partial charge in [-0.2, -0.15) is 0 Å². The number of benzene rings is 2. The van der Waals surface area contributed by atoms with E-state index in [1.165, 1.54) is 24.3 Å². The van der Waals surface area contributed by atoms with E-state index in [2.05, 4.69) is 15.9 Å². The summed E-state index contributed by atoms with van der Waals surface area (Å²) in [7, 11) is 0. The quantitative estimate of drug-likeness (QED) is 0.578. The van der Waals surface area contributed by atoms with Crippen LogP contribution in [0.3, 0.4) is 0 Å². The molecular weight excluding hydrogens is 323 g/mol. The average Bonchev–Trinajstić information content (AvgIpc) is 2.46. The molecule has 0 aliphatic carbocycles. The van der Waals surface area contributed by atoms with Crippen LogP contribution in [0.5, 0.6) is 0 Å². The number of ketones is 1. The normalized spacial score (nSPS) is 10.5. The molecule has 20 heavy (non-hydrogen) atoms. The number of carbonyl (C=O) groups is 1. The lowest BCUT2D eigenvalue weighted by atomic mass is 10.1. The first-order chi connectivity index (χ1) is 9.66. The van der Waals surface area contributed by atoms with Crippen LogP contribution in [-0.4, -0.2) is 12.4 Å². The summed E-state index contributed by atoms with van der Waals surface area (Å²) in [5.74, 6) is -0.385. The summed E-state index contributed by atoms with van der Waals surface area (Å²) in [6.45, 7) is 0.801. The molecule has 0 fully saturated rings. The Hall–Kier alpha value is -1.52. The molecule has 0 aliphatic rings. The highest BCUT2D eigenvalue weighted by molar-refractivity contribution is 9.10. The second-order valence-electron chi connectivity index (χ2n) is 4.32. The predicted octanol–water partition coefficient (Wildman–Crippen LogP) is 4.38. The van der Waals surface area contributed by atoms with Crippen LogP contribution < -0.4 is 0 Å². The molecular formula is C16H14BrFO2. The van der Waals surface area contributed by atoms with Crippen molar-refractivity contribution in [2.45, 2.75) is 13.0 Å². The van der Waals surface area contributed by atoms with Crippen molar-refractivity contribution in [1.82, 2.24) is 0 Å². The van der Waals surface area contributed by atoms with Crippen molar-refractivity contribution in [3.8, 4) is 0 Å². The zero-order chi connectivity index (χ0) is 14.4. The molecule has 0 saturated carbocycles. The number of hydrogen-bond donors (Lipinski definition) is 0. The number of halogens is 2. The minimum atomic E-state index is -0.341. The van der Waals surface area contributed by atoms with Gasteiger partial charge in [0, 0.05) is 16.5 Å². The van der Waals surface area contributed by atoms with Crippen molar-refractivity contribution < 1.29 is 13.9 Å². The molecule has 0 saturated heterocycles. The number of carbonyl (C=O) groups excluding carboxylic acids is 1. The second-order valence-corrected chi connectivity index (χ2v) is 5.18. The van der Waals surface area contributed by atoms with Crippen LogP contribution in [0, 0.1) is 5.82 Å². The van der Waals surface area contributed by atoms with Gasteiger partial charge in [-0.05, 0) is 35.9 Å². The number of ether oxygens (including phenoxy) is 1. The van der Waals surface area contributed by atoms with Gasteiger partial charge in [0.1, 0.15) is 5.82 Å². The third kappa shape index (κ3) is 4.25. The molecule has 0 heterocycles. The zero-order valence-electron chi connectivity index (χ0n) is 10.8. The summed E-state index contributed by atoms with van der Waals surface area (Å²) in [6, 6.07) is 13.3. The van der Waals surface area contributed by atoms with Gasteiger partial charge in [-0.25, -0.2) is 4.39 Å². The first-order valence-electron chi connectivity index (χ1n) is 6.27. The Balaban J connectivity index is 1.77. The van der Waals surface area contributed by atoms with Gasteiger partial charge in [-0.15, -0.1) is 0 Å². The highest BCUT2D eigenvalue weighted by Crippen LogP contribution is 2.16. The molecule has 0 aromatic heterocycles. The van der Waals surface area contributed by atoms with E-state index in [-0.39, 0.29) is 18.0 Å². The number of rotatable bonds is 6. The van der Waals surface area contributed by atoms with Crippen LogP contribution >= 0.6 is 15.9 Å². The third-order valence-corrected chi connectivity index (χ3v) is 3.63. The van der Waals surface area contributed by atoms with Crippen LogP contribution in [0.15, 0.2) is 53.0 Å². The van der Waals surface area contributed by atoms with Gasteiger partial charge in [0.2, 0.25) is 0 Å². The third-order valence-electron chi connectivity index (χ3n) is 2.86. The van der Waals surface area contributed by atoms with Gasteiger partial charge in [0.05, 0.1) is 13.2 Å². The van der Waals surface area contributed by atoms with Crippen LogP contribution in [0.4, 0.5) is 4.39 Å². The monoisotopic (exact) mass is 336 g/mol. The zero-order valence-corrected chi connectivity index (χ0v) is 12.4. The maximum Gasteiger partial charge on any atom is 0.165 e. The fraction of sp³-hybridized carbons (Fsp3) is 0.188. The van der Waals surface area contributed by atoms with Crippen LogP contribution in [-0.2, 0) is 11.3 Å². The van der Waals surface area contributed by atoms with Crippen LogP contribution in [0.25, 0.3) is 0 Å². The molecule has 0 bridgehead atoms. The Labute approximate surface area is 125 Å². The van der Waals surface area contributed by atoms with Crippen LogP contribution in [0.2, 0.25) is 0 Å². The fourth-order valence-corrected chi connectivity index (χ4v) is 2.14. The molecule has 0 spiro atoms. The Morgan fingerprint density at radius 3 is 2.50 bits per heavy atom. The molecule has 0 radical (unpaired) electrons. The van der Waals surface area contributed by atoms with Gasteiger partial charge in [0.25, 0.3) is 0 Å². The Bertz CT molecular complexity index is 581. The SMILES string of the molecule is O=C(CCOCc1ccccc1Br)c1ccc(F)cc1. The molecule has 0 atom stereocenters. The van der Waals surface area contributed by atoms with Crippen molar-refractivity contribution >= 4 is 21.7 Å². The molecule has 2 nitrogen and oxygen atoms in total. The predicted molar refractivity (Wildman–Crippen MR) is 79.1 cm³/mol. The Morgan fingerprint density at radius 2 is 1.80 bits per heavy atom. The average molecular weight is 337 g/mol. The maximum atomic E-state index is 12.7. The summed E-state index contributed by atoms with van der Waals surface area (Å²) < 4.78 is 19.2. The van der Waals surface area contributed by atoms with E-state index in [0.717, 1.165) is 10.0 Å². The minimum absolute atomic E-state index is 0.0443. The summed E-state index contributed by atoms with van der Waals surface area (Å²) >= 11 is 3.44. The molecule has 0 unspecified atom stereocenters. The first kappa shape index (κ1) is 14.9. The van der Waals surface area contributed by atoms with E-state index in [9.17, 15) is 9.18 Å². The fourth-order valence-electron chi connectivity index (χ4n) is 1.74. The Morgan fingerprint density at radius 1 is 1.10 bits per heavy atom. The van der Waals surface area contributed by atoms with Crippen molar-refractivity contribution in [3.63, 3.8) is 0 Å². The van der Waals surface area contributed by atoms with Crippen molar-refractivity contribution in [3.05, 3.63) is 69.9 Å². The molecule has 2 aromatic rings. The lowest BCUT2D eigenvalue weighted by Gasteiger charge is -2.06. The topological polar surface area (TPSA) is 26.3 Å². The first-order valence-corrected chi connectivity index (χ1v) is 7.06. The summed E-state index contributed by atoms with van der Waals surface area (Å²) in [6.07, 6.45) is 0.288. The molecule has 0 amide bonds. The summed E-state index contributed by atoms with van der Waals surface area (Å²) in [5, 5.41) is 0. The molecule has 2 rings (SSSR count). The van der Waals surface area contributed by atoms with Gasteiger partial charge < -0.3 is 4.74 Å². The van der Waals surface area contributed by atoms with Crippen LogP contribution in [0.1, 0.15) is 22.3 Å². The molecule has 2 aromatic carbocycles. The highest BCUT2D eigenvalue weighted by atomic mass is 79.9. The molecule has 0 N–H and O–H groups in total. The minimum Gasteiger partial charge on any atom is -0.376 e. The summed E-state index contributed by atoms with van der Waals surface area (Å²) in [4.78, 5) is 11.8. The molecule has 0 aliphatic heterocycles. The van der Waals surface area contributed by atoms with E-state index in [0.29, 0.717) is 18.8 Å². The Kier molecular flexibility index (Phi) is 5.44. The lowest BCUT2D eigenvalue weighted by molar-refractivity contribution is 0.0847. The van der Waals surface area contributed by atoms with E-state index >= 15 is 0 Å². The van der Waals surface area contributed by atoms with E-state index in [1.807, 2.05) is 24.3 Å². The van der Waals surface area contributed by atoms with Crippen molar-refractivity contribution in [2.24, 2.45) is 0 Å². The van der Waals surface area contributed by atoms with Gasteiger partial charge >= 0.3 is 0 Å². The van der Waals surface area contributed by atoms with Gasteiger partial charge in [-0.1, -0.05) is 34.1 Å². The smallest absolute Gasteiger partial charge is 0.165 e. The molecule has 104 valence electrons. The highest BCUT2D eigenvalue weighted by Gasteiger charge is 2.06. The maximum absolute atomic E-state index is 12.7. The lowest BCUT2D eigenvalue weighted by Crippen LogP contribution is -2.05. The van der Waals surface area contributed by atoms with E-state index in [4.69, 9.17) is 4.74 Å². The standard InChI is InChI=1S/C16H14BrFO2/c17-15-4-2-1-3-13(15)11-20-10-9-16(19)12-5-7-14(18)8-6-12/h1-8H,9-11H2. The van der Waals surface area contributed by atoms with Gasteiger partial charge in [-0.3, -0.25) is 4.79 Å². The number of Topliss-reactive ketones (excluding diaryl/α,β-unsaturated/α-hetero) is 1. The van der Waals surface area contributed by atoms with E-state index in [1.54, 1.807) is 0 Å². The van der Waals surface area contributed by atoms with Gasteiger partial charge in [0.15, 0.2) is 5.78 Å². The van der Waals surface area contributed by atoms with Crippen molar-refractivity contribution in [1.29, 1.82) is 0 Å². The number of hydrogen-bond acceptors (Lipinski definition) is 2. The summed E-state index contributed by atoms with van der Waals surface area (Å²) in [5.41, 5.74) is 1.55. The van der Waals surface area contributed by atoms with Crippen molar-refractivity contribution in [2.75, 3.05) is 6.61 Å².